The summed E-state index contributed by atoms with van der Waals surface area (Å²) in [7, 11) is 1.56. The van der Waals surface area contributed by atoms with Gasteiger partial charge in [0.25, 0.3) is 5.91 Å². The number of aromatic nitrogens is 3. The molecule has 1 fully saturated rings. The van der Waals surface area contributed by atoms with Crippen molar-refractivity contribution in [3.63, 3.8) is 0 Å². The SMILES string of the molecule is CCN(C(=O)c1[nH]cc(-c2nnc(Cc3ccc(F)cc3F)s2)c(=O)c1O)C1(NC)CCC(C(F)(F)F)CC1. The van der Waals surface area contributed by atoms with Crippen LogP contribution in [0.1, 0.15) is 53.7 Å². The zero-order valence-electron chi connectivity index (χ0n) is 21.0. The first-order valence-corrected chi connectivity index (χ1v) is 13.0. The zero-order chi connectivity index (χ0) is 28.5. The van der Waals surface area contributed by atoms with Crippen LogP contribution >= 0.6 is 11.3 Å². The van der Waals surface area contributed by atoms with Crippen molar-refractivity contribution in [2.24, 2.45) is 5.92 Å². The second kappa shape index (κ2) is 11.0. The van der Waals surface area contributed by atoms with E-state index in [-0.39, 0.29) is 54.8 Å². The number of hydrogen-bond acceptors (Lipinski definition) is 7. The molecule has 0 bridgehead atoms. The Morgan fingerprint density at radius 1 is 1.26 bits per heavy atom. The maximum Gasteiger partial charge on any atom is 0.391 e. The molecule has 0 aliphatic heterocycles. The summed E-state index contributed by atoms with van der Waals surface area (Å²) in [6.45, 7) is 1.77. The highest BCUT2D eigenvalue weighted by atomic mass is 32.1. The van der Waals surface area contributed by atoms with E-state index in [1.807, 2.05) is 0 Å². The van der Waals surface area contributed by atoms with Crippen molar-refractivity contribution >= 4 is 17.2 Å². The third-order valence-electron chi connectivity index (χ3n) is 7.14. The summed E-state index contributed by atoms with van der Waals surface area (Å²) in [4.78, 5) is 30.4. The summed E-state index contributed by atoms with van der Waals surface area (Å²) in [6.07, 6.45) is -3.39. The normalized spacial score (nSPS) is 19.7. The highest BCUT2D eigenvalue weighted by Gasteiger charge is 2.48. The van der Waals surface area contributed by atoms with Gasteiger partial charge in [0, 0.05) is 25.2 Å². The van der Waals surface area contributed by atoms with Crippen molar-refractivity contribution < 1.29 is 31.9 Å². The number of carbonyl (C=O) groups is 1. The lowest BCUT2D eigenvalue weighted by Crippen LogP contribution is -2.62. The lowest BCUT2D eigenvalue weighted by atomic mass is 9.80. The van der Waals surface area contributed by atoms with E-state index in [2.05, 4.69) is 20.5 Å². The second-order valence-electron chi connectivity index (χ2n) is 9.32. The number of rotatable bonds is 7. The molecule has 0 unspecified atom stereocenters. The number of pyridine rings is 1. The van der Waals surface area contributed by atoms with Crippen LogP contribution in [0.5, 0.6) is 5.75 Å². The fraction of sp³-hybridized carbons (Fsp3) is 0.440. The smallest absolute Gasteiger partial charge is 0.391 e. The fourth-order valence-electron chi connectivity index (χ4n) is 4.96. The Bertz CT molecular complexity index is 1420. The van der Waals surface area contributed by atoms with Crippen LogP contribution in [0.2, 0.25) is 0 Å². The van der Waals surface area contributed by atoms with Crippen LogP contribution in [0.25, 0.3) is 10.6 Å². The molecule has 1 saturated carbocycles. The molecule has 1 amide bonds. The number of nitrogens with one attached hydrogen (secondary N) is 2. The topological polar surface area (TPSA) is 111 Å². The molecule has 14 heteroatoms. The molecule has 2 aromatic heterocycles. The molecule has 210 valence electrons. The molecule has 39 heavy (non-hydrogen) atoms. The molecule has 8 nitrogen and oxygen atoms in total. The van der Waals surface area contributed by atoms with Gasteiger partial charge in [-0.3, -0.25) is 14.9 Å². The van der Waals surface area contributed by atoms with E-state index in [9.17, 15) is 36.6 Å². The summed E-state index contributed by atoms with van der Waals surface area (Å²) < 4.78 is 66.8. The number of nitrogens with zero attached hydrogens (tertiary/aromatic N) is 3. The number of carbonyl (C=O) groups excluding carboxylic acids is 1. The third-order valence-corrected chi connectivity index (χ3v) is 8.10. The largest absolute Gasteiger partial charge is 0.503 e. The van der Waals surface area contributed by atoms with Gasteiger partial charge in [0.2, 0.25) is 5.43 Å². The first-order chi connectivity index (χ1) is 18.4. The van der Waals surface area contributed by atoms with Crippen LogP contribution in [0, 0.1) is 17.6 Å². The van der Waals surface area contributed by atoms with Crippen LogP contribution < -0.4 is 10.7 Å². The average Bonchev–Trinajstić information content (AvgIpc) is 3.35. The number of hydrogen-bond donors (Lipinski definition) is 3. The Hall–Kier alpha value is -3.39. The van der Waals surface area contributed by atoms with Gasteiger partial charge in [-0.25, -0.2) is 8.78 Å². The number of amides is 1. The van der Waals surface area contributed by atoms with Crippen molar-refractivity contribution in [1.29, 1.82) is 0 Å². The summed E-state index contributed by atoms with van der Waals surface area (Å²) in [5.41, 5.74) is -2.29. The van der Waals surface area contributed by atoms with Crippen molar-refractivity contribution in [3.8, 4) is 16.3 Å². The second-order valence-corrected chi connectivity index (χ2v) is 10.4. The zero-order valence-corrected chi connectivity index (χ0v) is 21.8. The Morgan fingerprint density at radius 2 is 1.95 bits per heavy atom. The highest BCUT2D eigenvalue weighted by molar-refractivity contribution is 7.14. The standard InChI is InChI=1S/C25H26F5N5O3S/c1-3-35(24(31-2)8-6-14(7-9-24)25(28,29)30)23(38)19-21(37)20(36)16(12-32-19)22-34-33-18(39-22)10-13-4-5-15(26)11-17(13)27/h4-5,11-12,14,31,37H,3,6-10H2,1-2H3,(H,32,36). The predicted molar refractivity (Wildman–Crippen MR) is 133 cm³/mol. The first kappa shape index (κ1) is 28.6. The van der Waals surface area contributed by atoms with E-state index in [1.54, 1.807) is 14.0 Å². The molecular weight excluding hydrogens is 545 g/mol. The van der Waals surface area contributed by atoms with E-state index in [4.69, 9.17) is 0 Å². The van der Waals surface area contributed by atoms with E-state index in [1.165, 1.54) is 17.2 Å². The minimum atomic E-state index is -4.32. The molecule has 4 rings (SSSR count). The number of alkyl halides is 3. The van der Waals surface area contributed by atoms with Crippen molar-refractivity contribution in [2.75, 3.05) is 13.6 Å². The molecule has 0 saturated heterocycles. The van der Waals surface area contributed by atoms with Crippen molar-refractivity contribution in [1.82, 2.24) is 25.4 Å². The molecule has 1 aliphatic rings. The summed E-state index contributed by atoms with van der Waals surface area (Å²) in [5.74, 6) is -4.55. The summed E-state index contributed by atoms with van der Waals surface area (Å²) in [5, 5.41) is 22.0. The lowest BCUT2D eigenvalue weighted by molar-refractivity contribution is -0.188. The Labute approximate surface area is 223 Å². The molecule has 3 aromatic rings. The number of halogens is 5. The fourth-order valence-corrected chi connectivity index (χ4v) is 5.83. The van der Waals surface area contributed by atoms with E-state index in [0.29, 0.717) is 5.01 Å². The predicted octanol–water partition coefficient (Wildman–Crippen LogP) is 4.60. The van der Waals surface area contributed by atoms with Crippen molar-refractivity contribution in [3.05, 3.63) is 62.5 Å². The quantitative estimate of drug-likeness (QED) is 0.283. The van der Waals surface area contributed by atoms with Gasteiger partial charge in [-0.15, -0.1) is 10.2 Å². The highest BCUT2D eigenvalue weighted by Crippen LogP contribution is 2.42. The number of benzene rings is 1. The van der Waals surface area contributed by atoms with Gasteiger partial charge in [-0.05, 0) is 51.3 Å². The van der Waals surface area contributed by atoms with Crippen LogP contribution in [0.3, 0.4) is 0 Å². The third kappa shape index (κ3) is 5.66. The monoisotopic (exact) mass is 571 g/mol. The van der Waals surface area contributed by atoms with Crippen LogP contribution in [-0.4, -0.2) is 56.5 Å². The summed E-state index contributed by atoms with van der Waals surface area (Å²) >= 11 is 0.958. The molecule has 1 aromatic carbocycles. The van der Waals surface area contributed by atoms with Gasteiger partial charge < -0.3 is 15.0 Å². The lowest BCUT2D eigenvalue weighted by Gasteiger charge is -2.47. The maximum absolute atomic E-state index is 14.0. The number of aromatic hydroxyl groups is 1. The van der Waals surface area contributed by atoms with E-state index in [0.717, 1.165) is 23.5 Å². The van der Waals surface area contributed by atoms with Gasteiger partial charge in [-0.1, -0.05) is 17.4 Å². The Balaban J connectivity index is 1.57. The molecule has 0 atom stereocenters. The molecule has 3 N–H and O–H groups in total. The molecule has 2 heterocycles. The van der Waals surface area contributed by atoms with E-state index < -0.39 is 52.2 Å². The van der Waals surface area contributed by atoms with Gasteiger partial charge in [0.1, 0.15) is 16.6 Å². The molecule has 0 radical (unpaired) electrons. The minimum absolute atomic E-state index is 0.00298. The maximum atomic E-state index is 14.0. The molecular formula is C25H26F5N5O3S. The van der Waals surface area contributed by atoms with Gasteiger partial charge >= 0.3 is 6.18 Å². The van der Waals surface area contributed by atoms with Gasteiger partial charge in [0.05, 0.1) is 17.1 Å². The molecule has 0 spiro atoms. The Kier molecular flexibility index (Phi) is 8.07. The summed E-state index contributed by atoms with van der Waals surface area (Å²) in [6, 6.07) is 3.13. The van der Waals surface area contributed by atoms with Gasteiger partial charge in [0.15, 0.2) is 16.5 Å². The van der Waals surface area contributed by atoms with Crippen LogP contribution in [0.15, 0.2) is 29.2 Å². The van der Waals surface area contributed by atoms with Crippen molar-refractivity contribution in [2.45, 2.75) is 50.9 Å². The van der Waals surface area contributed by atoms with E-state index >= 15 is 0 Å². The molecule has 1 aliphatic carbocycles. The first-order valence-electron chi connectivity index (χ1n) is 12.2. The van der Waals surface area contributed by atoms with Gasteiger partial charge in [-0.2, -0.15) is 13.2 Å². The van der Waals surface area contributed by atoms with Crippen LogP contribution in [0.4, 0.5) is 22.0 Å². The minimum Gasteiger partial charge on any atom is -0.503 e. The Morgan fingerprint density at radius 3 is 2.54 bits per heavy atom. The number of H-pyrrole nitrogens is 1. The number of aromatic amines is 1. The average molecular weight is 572 g/mol. The van der Waals surface area contributed by atoms with Crippen LogP contribution in [-0.2, 0) is 6.42 Å².